The van der Waals surface area contributed by atoms with E-state index < -0.39 is 0 Å². The first-order chi connectivity index (χ1) is 14.5. The summed E-state index contributed by atoms with van der Waals surface area (Å²) >= 11 is 0. The zero-order valence-electron chi connectivity index (χ0n) is 18.5. The van der Waals surface area contributed by atoms with Gasteiger partial charge in [-0.3, -0.25) is 4.79 Å². The summed E-state index contributed by atoms with van der Waals surface area (Å²) in [5.74, 6) is 1.94. The molecule has 1 unspecified atom stereocenters. The number of rotatable bonds is 7. The van der Waals surface area contributed by atoms with Gasteiger partial charge in [-0.1, -0.05) is 26.0 Å². The minimum Gasteiger partial charge on any atom is -0.493 e. The maximum absolute atomic E-state index is 13.2. The Bertz CT molecular complexity index is 839. The molecule has 0 aromatic heterocycles. The molecular weight excluding hydrogens is 380 g/mol. The van der Waals surface area contributed by atoms with Crippen molar-refractivity contribution in [3.8, 4) is 17.2 Å². The van der Waals surface area contributed by atoms with Crippen molar-refractivity contribution in [3.63, 3.8) is 0 Å². The second-order valence-electron chi connectivity index (χ2n) is 7.93. The molecule has 1 fully saturated rings. The number of nitrogens with zero attached hydrogens (tertiary/aromatic N) is 1. The Kier molecular flexibility index (Phi) is 7.08. The van der Waals surface area contributed by atoms with Crippen LogP contribution in [-0.4, -0.2) is 51.3 Å². The third-order valence-corrected chi connectivity index (χ3v) is 5.57. The van der Waals surface area contributed by atoms with Crippen LogP contribution in [0.25, 0.3) is 0 Å². The van der Waals surface area contributed by atoms with Crippen LogP contribution < -0.4 is 19.5 Å². The second-order valence-corrected chi connectivity index (χ2v) is 7.93. The van der Waals surface area contributed by atoms with Gasteiger partial charge in [0, 0.05) is 30.4 Å². The number of nitrogens with one attached hydrogen (secondary N) is 1. The van der Waals surface area contributed by atoms with Crippen LogP contribution in [0.15, 0.2) is 36.4 Å². The maximum Gasteiger partial charge on any atom is 0.254 e. The summed E-state index contributed by atoms with van der Waals surface area (Å²) in [6, 6.07) is 12.2. The molecule has 1 heterocycles. The maximum atomic E-state index is 13.2. The van der Waals surface area contributed by atoms with Gasteiger partial charge in [-0.15, -0.1) is 0 Å². The fourth-order valence-corrected chi connectivity index (χ4v) is 3.87. The summed E-state index contributed by atoms with van der Waals surface area (Å²) in [5, 5.41) is 3.58. The van der Waals surface area contributed by atoms with Gasteiger partial charge in [0.15, 0.2) is 11.5 Å². The molecular formula is C24H32N2O4. The molecule has 1 saturated heterocycles. The quantitative estimate of drug-likeness (QED) is 0.723. The highest BCUT2D eigenvalue weighted by molar-refractivity contribution is 5.95. The lowest BCUT2D eigenvalue weighted by Gasteiger charge is -2.34. The molecule has 1 amide bonds. The molecule has 30 heavy (non-hydrogen) atoms. The molecule has 0 aliphatic carbocycles. The molecule has 6 heteroatoms. The minimum atomic E-state index is -0.0316. The average molecular weight is 413 g/mol. The first kappa shape index (κ1) is 21.8. The Morgan fingerprint density at radius 3 is 2.20 bits per heavy atom. The average Bonchev–Trinajstić information content (AvgIpc) is 2.78. The van der Waals surface area contributed by atoms with Crippen molar-refractivity contribution in [3.05, 3.63) is 47.5 Å². The predicted octanol–water partition coefficient (Wildman–Crippen LogP) is 4.55. The van der Waals surface area contributed by atoms with E-state index in [1.807, 2.05) is 4.90 Å². The van der Waals surface area contributed by atoms with E-state index in [1.54, 1.807) is 33.5 Å². The van der Waals surface area contributed by atoms with Crippen molar-refractivity contribution < 1.29 is 19.0 Å². The highest BCUT2D eigenvalue weighted by Crippen LogP contribution is 2.38. The number of methoxy groups -OCH3 is 3. The number of likely N-dealkylation sites (tertiary alicyclic amines) is 1. The van der Waals surface area contributed by atoms with Crippen LogP contribution in [0.5, 0.6) is 17.2 Å². The molecule has 1 aliphatic heterocycles. The van der Waals surface area contributed by atoms with Crippen LogP contribution in [0.1, 0.15) is 48.5 Å². The second kappa shape index (κ2) is 9.74. The standard InChI is InChI=1S/C24H32N2O4/c1-16(2)17-8-10-19(11-9-17)25-20-7-6-12-26(15-20)24(27)18-13-21(28-3)23(30-5)22(14-18)29-4/h8-11,13-14,16,20,25H,6-7,12,15H2,1-5H3. The molecule has 1 atom stereocenters. The van der Waals surface area contributed by atoms with Gasteiger partial charge in [0.1, 0.15) is 0 Å². The Labute approximate surface area is 179 Å². The number of ether oxygens (including phenoxy) is 3. The van der Waals surface area contributed by atoms with E-state index in [4.69, 9.17) is 14.2 Å². The predicted molar refractivity (Wildman–Crippen MR) is 119 cm³/mol. The number of hydrogen-bond acceptors (Lipinski definition) is 5. The molecule has 1 aliphatic rings. The monoisotopic (exact) mass is 412 g/mol. The van der Waals surface area contributed by atoms with Crippen LogP contribution >= 0.6 is 0 Å². The molecule has 0 bridgehead atoms. The fraction of sp³-hybridized carbons (Fsp3) is 0.458. The van der Waals surface area contributed by atoms with E-state index in [-0.39, 0.29) is 11.9 Å². The minimum absolute atomic E-state index is 0.0316. The molecule has 1 N–H and O–H groups in total. The number of carbonyl (C=O) groups is 1. The normalized spacial score (nSPS) is 16.3. The molecule has 2 aromatic rings. The summed E-state index contributed by atoms with van der Waals surface area (Å²) in [7, 11) is 4.66. The number of piperidine rings is 1. The van der Waals surface area contributed by atoms with E-state index in [0.717, 1.165) is 25.1 Å². The molecule has 2 aromatic carbocycles. The zero-order chi connectivity index (χ0) is 21.7. The number of benzene rings is 2. The van der Waals surface area contributed by atoms with Crippen LogP contribution in [-0.2, 0) is 0 Å². The van der Waals surface area contributed by atoms with E-state index in [2.05, 4.69) is 43.4 Å². The third-order valence-electron chi connectivity index (χ3n) is 5.57. The molecule has 162 valence electrons. The van der Waals surface area contributed by atoms with Gasteiger partial charge in [0.2, 0.25) is 5.75 Å². The van der Waals surface area contributed by atoms with Crippen LogP contribution in [0.3, 0.4) is 0 Å². The molecule has 0 spiro atoms. The van der Waals surface area contributed by atoms with Crippen LogP contribution in [0, 0.1) is 0 Å². The summed E-state index contributed by atoms with van der Waals surface area (Å²) in [6.45, 7) is 5.77. The first-order valence-electron chi connectivity index (χ1n) is 10.4. The summed E-state index contributed by atoms with van der Waals surface area (Å²) in [5.41, 5.74) is 2.95. The van der Waals surface area contributed by atoms with E-state index >= 15 is 0 Å². The highest BCUT2D eigenvalue weighted by Gasteiger charge is 2.26. The van der Waals surface area contributed by atoms with Gasteiger partial charge in [-0.25, -0.2) is 0 Å². The summed E-state index contributed by atoms with van der Waals surface area (Å²) in [4.78, 5) is 15.1. The van der Waals surface area contributed by atoms with Crippen LogP contribution in [0.2, 0.25) is 0 Å². The molecule has 6 nitrogen and oxygen atoms in total. The number of carbonyl (C=O) groups excluding carboxylic acids is 1. The van der Waals surface area contributed by atoms with Crippen molar-refractivity contribution in [1.29, 1.82) is 0 Å². The summed E-state index contributed by atoms with van der Waals surface area (Å²) in [6.07, 6.45) is 1.99. The zero-order valence-corrected chi connectivity index (χ0v) is 18.5. The Morgan fingerprint density at radius 2 is 1.67 bits per heavy atom. The lowest BCUT2D eigenvalue weighted by molar-refractivity contribution is 0.0714. The SMILES string of the molecule is COc1cc(C(=O)N2CCCC(Nc3ccc(C(C)C)cc3)C2)cc(OC)c1OC. The Morgan fingerprint density at radius 1 is 1.03 bits per heavy atom. The van der Waals surface area contributed by atoms with Crippen molar-refractivity contribution in [2.75, 3.05) is 39.7 Å². The van der Waals surface area contributed by atoms with Crippen molar-refractivity contribution in [2.24, 2.45) is 0 Å². The van der Waals surface area contributed by atoms with Gasteiger partial charge in [-0.2, -0.15) is 0 Å². The van der Waals surface area contributed by atoms with Gasteiger partial charge in [0.25, 0.3) is 5.91 Å². The van der Waals surface area contributed by atoms with Gasteiger partial charge < -0.3 is 24.4 Å². The highest BCUT2D eigenvalue weighted by atomic mass is 16.5. The summed E-state index contributed by atoms with van der Waals surface area (Å²) < 4.78 is 16.2. The number of hydrogen-bond donors (Lipinski definition) is 1. The van der Waals surface area contributed by atoms with Crippen molar-refractivity contribution >= 4 is 11.6 Å². The Balaban J connectivity index is 1.72. The van der Waals surface area contributed by atoms with E-state index in [9.17, 15) is 4.79 Å². The lowest BCUT2D eigenvalue weighted by atomic mass is 10.0. The lowest BCUT2D eigenvalue weighted by Crippen LogP contribution is -2.45. The Hall–Kier alpha value is -2.89. The largest absolute Gasteiger partial charge is 0.493 e. The van der Waals surface area contributed by atoms with Crippen molar-refractivity contribution in [1.82, 2.24) is 4.90 Å². The number of anilines is 1. The topological polar surface area (TPSA) is 60.0 Å². The van der Waals surface area contributed by atoms with Gasteiger partial charge >= 0.3 is 0 Å². The van der Waals surface area contributed by atoms with Gasteiger partial charge in [-0.05, 0) is 48.6 Å². The van der Waals surface area contributed by atoms with Crippen LogP contribution in [0.4, 0.5) is 5.69 Å². The first-order valence-corrected chi connectivity index (χ1v) is 10.4. The van der Waals surface area contributed by atoms with Gasteiger partial charge in [0.05, 0.1) is 21.3 Å². The number of amides is 1. The van der Waals surface area contributed by atoms with E-state index in [0.29, 0.717) is 35.3 Å². The smallest absolute Gasteiger partial charge is 0.254 e. The third kappa shape index (κ3) is 4.81. The molecule has 0 radical (unpaired) electrons. The molecule has 0 saturated carbocycles. The fourth-order valence-electron chi connectivity index (χ4n) is 3.87. The molecule has 3 rings (SSSR count). The van der Waals surface area contributed by atoms with E-state index in [1.165, 1.54) is 5.56 Å². The van der Waals surface area contributed by atoms with Crippen molar-refractivity contribution in [2.45, 2.75) is 38.6 Å².